The van der Waals surface area contributed by atoms with Gasteiger partial charge in [0.05, 0.1) is 7.11 Å². The summed E-state index contributed by atoms with van der Waals surface area (Å²) in [4.78, 5) is 0. The normalized spacial score (nSPS) is 12.0. The Morgan fingerprint density at radius 2 is 1.90 bits per heavy atom. The smallest absolute Gasteiger partial charge is 0.166 e. The van der Waals surface area contributed by atoms with E-state index in [-0.39, 0.29) is 6.04 Å². The molecule has 21 heavy (non-hydrogen) atoms. The minimum Gasteiger partial charge on any atom is -0.493 e. The van der Waals surface area contributed by atoms with Gasteiger partial charge in [-0.05, 0) is 11.6 Å². The minimum absolute atomic E-state index is 0.297. The van der Waals surface area contributed by atoms with Gasteiger partial charge in [-0.1, -0.05) is 41.9 Å². The van der Waals surface area contributed by atoms with E-state index in [1.165, 1.54) is 0 Å². The largest absolute Gasteiger partial charge is 0.493 e. The fourth-order valence-corrected chi connectivity index (χ4v) is 2.24. The SMILES string of the molecule is COc1cc(Cl)cc(C(N)CN)c1OCc1ccccc1. The summed E-state index contributed by atoms with van der Waals surface area (Å²) < 4.78 is 11.2. The van der Waals surface area contributed by atoms with Crippen LogP contribution in [0.5, 0.6) is 11.5 Å². The van der Waals surface area contributed by atoms with Crippen LogP contribution in [-0.4, -0.2) is 13.7 Å². The molecule has 5 heteroatoms. The zero-order chi connectivity index (χ0) is 15.2. The van der Waals surface area contributed by atoms with Crippen molar-refractivity contribution < 1.29 is 9.47 Å². The lowest BCUT2D eigenvalue weighted by molar-refractivity contribution is 0.279. The molecule has 0 spiro atoms. The highest BCUT2D eigenvalue weighted by atomic mass is 35.5. The maximum Gasteiger partial charge on any atom is 0.166 e. The molecule has 0 saturated carbocycles. The monoisotopic (exact) mass is 306 g/mol. The number of benzene rings is 2. The van der Waals surface area contributed by atoms with E-state index in [1.807, 2.05) is 30.3 Å². The van der Waals surface area contributed by atoms with Crippen LogP contribution >= 0.6 is 11.6 Å². The van der Waals surface area contributed by atoms with Gasteiger partial charge >= 0.3 is 0 Å². The molecule has 2 rings (SSSR count). The maximum atomic E-state index is 6.09. The molecule has 4 N–H and O–H groups in total. The van der Waals surface area contributed by atoms with Crippen LogP contribution in [-0.2, 0) is 6.61 Å². The fraction of sp³-hybridized carbons (Fsp3) is 0.250. The molecule has 0 amide bonds. The Labute approximate surface area is 129 Å². The minimum atomic E-state index is -0.358. The van der Waals surface area contributed by atoms with Gasteiger partial charge in [-0.25, -0.2) is 0 Å². The first kappa shape index (κ1) is 15.6. The summed E-state index contributed by atoms with van der Waals surface area (Å²) >= 11 is 6.09. The summed E-state index contributed by atoms with van der Waals surface area (Å²) in [5.74, 6) is 1.14. The van der Waals surface area contributed by atoms with Crippen molar-refractivity contribution in [1.82, 2.24) is 0 Å². The summed E-state index contributed by atoms with van der Waals surface area (Å²) in [6.07, 6.45) is 0. The standard InChI is InChI=1S/C16H19ClN2O2/c1-20-15-8-12(17)7-13(14(19)9-18)16(15)21-10-11-5-3-2-4-6-11/h2-8,14H,9-10,18-19H2,1H3. The molecular formula is C16H19ClN2O2. The van der Waals surface area contributed by atoms with Crippen molar-refractivity contribution in [2.24, 2.45) is 11.5 Å². The molecule has 0 radical (unpaired) electrons. The first-order valence-electron chi connectivity index (χ1n) is 6.65. The Bertz CT molecular complexity index is 590. The van der Waals surface area contributed by atoms with Crippen molar-refractivity contribution in [2.45, 2.75) is 12.6 Å². The first-order chi connectivity index (χ1) is 10.2. The molecule has 1 atom stereocenters. The lowest BCUT2D eigenvalue weighted by Gasteiger charge is -2.19. The van der Waals surface area contributed by atoms with E-state index in [4.69, 9.17) is 32.5 Å². The van der Waals surface area contributed by atoms with Gasteiger partial charge in [0, 0.05) is 29.2 Å². The van der Waals surface area contributed by atoms with Crippen LogP contribution in [0.3, 0.4) is 0 Å². The topological polar surface area (TPSA) is 70.5 Å². The molecule has 1 unspecified atom stereocenters. The van der Waals surface area contributed by atoms with Crippen molar-refractivity contribution in [2.75, 3.05) is 13.7 Å². The Balaban J connectivity index is 2.31. The third kappa shape index (κ3) is 3.88. The predicted octanol–water partition coefficient (Wildman–Crippen LogP) is 2.89. The van der Waals surface area contributed by atoms with E-state index >= 15 is 0 Å². The number of methoxy groups -OCH3 is 1. The lowest BCUT2D eigenvalue weighted by Crippen LogP contribution is -2.21. The van der Waals surface area contributed by atoms with E-state index in [0.717, 1.165) is 11.1 Å². The van der Waals surface area contributed by atoms with Gasteiger partial charge in [-0.2, -0.15) is 0 Å². The second kappa shape index (κ2) is 7.31. The summed E-state index contributed by atoms with van der Waals surface area (Å²) in [5, 5.41) is 0.540. The Hall–Kier alpha value is -1.75. The van der Waals surface area contributed by atoms with E-state index < -0.39 is 0 Å². The van der Waals surface area contributed by atoms with Crippen LogP contribution in [0.1, 0.15) is 17.2 Å². The average Bonchev–Trinajstić information content (AvgIpc) is 2.53. The number of hydrogen-bond donors (Lipinski definition) is 2. The van der Waals surface area contributed by atoms with Crippen LogP contribution in [0.25, 0.3) is 0 Å². The van der Waals surface area contributed by atoms with Gasteiger partial charge in [-0.15, -0.1) is 0 Å². The third-order valence-electron chi connectivity index (χ3n) is 3.15. The van der Waals surface area contributed by atoms with Crippen molar-refractivity contribution in [3.8, 4) is 11.5 Å². The molecule has 0 aliphatic rings. The molecule has 112 valence electrons. The van der Waals surface area contributed by atoms with Crippen LogP contribution in [0.2, 0.25) is 5.02 Å². The Morgan fingerprint density at radius 1 is 1.19 bits per heavy atom. The van der Waals surface area contributed by atoms with Gasteiger partial charge in [0.25, 0.3) is 0 Å². The summed E-state index contributed by atoms with van der Waals surface area (Å²) in [5.41, 5.74) is 13.5. The fourth-order valence-electron chi connectivity index (χ4n) is 2.03. The van der Waals surface area contributed by atoms with Crippen LogP contribution < -0.4 is 20.9 Å². The highest BCUT2D eigenvalue weighted by Crippen LogP contribution is 2.37. The van der Waals surface area contributed by atoms with Gasteiger partial charge in [-0.3, -0.25) is 0 Å². The van der Waals surface area contributed by atoms with Crippen LogP contribution in [0.4, 0.5) is 0 Å². The molecule has 0 aliphatic carbocycles. The van der Waals surface area contributed by atoms with Crippen molar-refractivity contribution >= 4 is 11.6 Å². The highest BCUT2D eigenvalue weighted by molar-refractivity contribution is 6.30. The first-order valence-corrected chi connectivity index (χ1v) is 7.03. The number of halogens is 1. The van der Waals surface area contributed by atoms with Crippen LogP contribution in [0.15, 0.2) is 42.5 Å². The van der Waals surface area contributed by atoms with Crippen molar-refractivity contribution in [1.29, 1.82) is 0 Å². The number of nitrogens with two attached hydrogens (primary N) is 2. The van der Waals surface area contributed by atoms with Crippen LogP contribution in [0, 0.1) is 0 Å². The molecule has 0 aromatic heterocycles. The lowest BCUT2D eigenvalue weighted by atomic mass is 10.1. The number of rotatable bonds is 6. The third-order valence-corrected chi connectivity index (χ3v) is 3.37. The maximum absolute atomic E-state index is 6.09. The van der Waals surface area contributed by atoms with Gasteiger partial charge < -0.3 is 20.9 Å². The van der Waals surface area contributed by atoms with Gasteiger partial charge in [0.15, 0.2) is 11.5 Å². The molecule has 0 aliphatic heterocycles. The number of ether oxygens (including phenoxy) is 2. The second-order valence-electron chi connectivity index (χ2n) is 4.64. The van der Waals surface area contributed by atoms with E-state index in [1.54, 1.807) is 19.2 Å². The zero-order valence-corrected chi connectivity index (χ0v) is 12.6. The quantitative estimate of drug-likeness (QED) is 0.861. The molecule has 0 heterocycles. The van der Waals surface area contributed by atoms with E-state index in [9.17, 15) is 0 Å². The molecule has 0 fully saturated rings. The Morgan fingerprint density at radius 3 is 2.52 bits per heavy atom. The van der Waals surface area contributed by atoms with Gasteiger partial charge in [0.1, 0.15) is 6.61 Å². The molecule has 2 aromatic carbocycles. The van der Waals surface area contributed by atoms with Crippen molar-refractivity contribution in [3.63, 3.8) is 0 Å². The van der Waals surface area contributed by atoms with Gasteiger partial charge in [0.2, 0.25) is 0 Å². The molecular weight excluding hydrogens is 288 g/mol. The van der Waals surface area contributed by atoms with E-state index in [2.05, 4.69) is 0 Å². The van der Waals surface area contributed by atoms with E-state index in [0.29, 0.717) is 29.7 Å². The second-order valence-corrected chi connectivity index (χ2v) is 5.08. The highest BCUT2D eigenvalue weighted by Gasteiger charge is 2.17. The predicted molar refractivity (Wildman–Crippen MR) is 84.8 cm³/mol. The zero-order valence-electron chi connectivity index (χ0n) is 11.9. The summed E-state index contributed by atoms with van der Waals surface area (Å²) in [7, 11) is 1.57. The Kier molecular flexibility index (Phi) is 5.44. The molecule has 0 bridgehead atoms. The molecule has 0 saturated heterocycles. The number of hydrogen-bond acceptors (Lipinski definition) is 4. The average molecular weight is 307 g/mol. The summed E-state index contributed by atoms with van der Waals surface area (Å²) in [6.45, 7) is 0.717. The molecule has 2 aromatic rings. The molecule has 4 nitrogen and oxygen atoms in total. The van der Waals surface area contributed by atoms with Crippen molar-refractivity contribution in [3.05, 3.63) is 58.6 Å². The summed E-state index contributed by atoms with van der Waals surface area (Å²) in [6, 6.07) is 13.0.